The first kappa shape index (κ1) is 72.6. The SMILES string of the molecule is CC.CC.CC.CC.CC.CC.CC(C)c1ccccc1.CC(C)c1ccccc1.CC(C)c1ccccn1.CC(C)c1ccccn1.CC(C)c1ccccn1.CC(C)c1ccccn1. The third-order valence-corrected chi connectivity index (χ3v) is 8.05. The number of hydrogen-bond acceptors (Lipinski definition) is 4. The topological polar surface area (TPSA) is 51.6 Å². The van der Waals surface area contributed by atoms with Gasteiger partial charge in [0.05, 0.1) is 0 Å². The third kappa shape index (κ3) is 44.3. The fourth-order valence-electron chi connectivity index (χ4n) is 4.55. The summed E-state index contributed by atoms with van der Waals surface area (Å²) in [6.45, 7) is 49.9. The molecule has 0 aliphatic heterocycles. The van der Waals surface area contributed by atoms with E-state index in [9.17, 15) is 0 Å². The summed E-state index contributed by atoms with van der Waals surface area (Å²) in [4.78, 5) is 16.7. The molecule has 6 rings (SSSR count). The molecular formula is C62H104N4. The van der Waals surface area contributed by atoms with Gasteiger partial charge in [-0.2, -0.15) is 0 Å². The molecule has 0 saturated heterocycles. The van der Waals surface area contributed by atoms with E-state index in [1.54, 1.807) is 0 Å². The molecule has 6 aromatic rings. The van der Waals surface area contributed by atoms with E-state index >= 15 is 0 Å². The van der Waals surface area contributed by atoms with Gasteiger partial charge in [-0.3, -0.25) is 19.9 Å². The zero-order valence-electron chi connectivity index (χ0n) is 47.3. The van der Waals surface area contributed by atoms with E-state index in [0.717, 1.165) is 22.8 Å². The van der Waals surface area contributed by atoms with E-state index in [1.165, 1.54) is 11.1 Å². The van der Waals surface area contributed by atoms with Gasteiger partial charge < -0.3 is 0 Å². The highest BCUT2D eigenvalue weighted by molar-refractivity contribution is 5.18. The van der Waals surface area contributed by atoms with Crippen LogP contribution in [0.15, 0.2) is 158 Å². The van der Waals surface area contributed by atoms with Crippen LogP contribution in [-0.2, 0) is 0 Å². The van der Waals surface area contributed by atoms with Crippen molar-refractivity contribution in [2.24, 2.45) is 0 Å². The summed E-state index contributed by atoms with van der Waals surface area (Å²) in [6.07, 6.45) is 7.31. The number of rotatable bonds is 6. The van der Waals surface area contributed by atoms with Crippen LogP contribution in [0.4, 0.5) is 0 Å². The van der Waals surface area contributed by atoms with Crippen molar-refractivity contribution in [2.45, 2.75) is 202 Å². The van der Waals surface area contributed by atoms with E-state index in [4.69, 9.17) is 0 Å². The Morgan fingerprint density at radius 2 is 0.379 bits per heavy atom. The Hall–Kier alpha value is -4.96. The largest absolute Gasteiger partial charge is 0.261 e. The lowest BCUT2D eigenvalue weighted by Gasteiger charge is -2.01. The van der Waals surface area contributed by atoms with Crippen molar-refractivity contribution in [3.63, 3.8) is 0 Å². The molecule has 372 valence electrons. The molecule has 4 heterocycles. The van der Waals surface area contributed by atoms with E-state index < -0.39 is 0 Å². The predicted octanol–water partition coefficient (Wildman–Crippen LogP) is 20.6. The smallest absolute Gasteiger partial charge is 0.0428 e. The van der Waals surface area contributed by atoms with Crippen LogP contribution in [0.1, 0.15) is 236 Å². The Bertz CT molecular complexity index is 1340. The first-order valence-electron chi connectivity index (χ1n) is 25.6. The number of nitrogens with zero attached hydrogens (tertiary/aromatic N) is 4. The number of aromatic nitrogens is 4. The standard InChI is InChI=1S/2C9H12.4C8H11N.6C2H6/c2*1-8(2)9-6-4-3-5-7-9;4*1-7(2)8-5-3-4-6-9-8;6*1-2/h2*3-8H,1-2H3;4*3-7H,1-2H3;6*1-2H3. The van der Waals surface area contributed by atoms with Gasteiger partial charge in [-0.1, -0.05) is 251 Å². The molecule has 4 heteroatoms. The van der Waals surface area contributed by atoms with Crippen molar-refractivity contribution in [1.82, 2.24) is 19.9 Å². The molecular weight excluding hydrogens is 801 g/mol. The molecule has 0 N–H and O–H groups in total. The van der Waals surface area contributed by atoms with Crippen LogP contribution in [0.25, 0.3) is 0 Å². The van der Waals surface area contributed by atoms with E-state index in [1.807, 2.05) is 193 Å². The van der Waals surface area contributed by atoms with Gasteiger partial charge in [0.25, 0.3) is 0 Å². The van der Waals surface area contributed by atoms with Crippen molar-refractivity contribution in [1.29, 1.82) is 0 Å². The summed E-state index contributed by atoms with van der Waals surface area (Å²) < 4.78 is 0. The summed E-state index contributed by atoms with van der Waals surface area (Å²) in [6, 6.07) is 45.0. The molecule has 0 spiro atoms. The summed E-state index contributed by atoms with van der Waals surface area (Å²) in [7, 11) is 0. The fourth-order valence-corrected chi connectivity index (χ4v) is 4.55. The fraction of sp³-hybridized carbons (Fsp3) is 0.484. The maximum atomic E-state index is 4.18. The zero-order valence-corrected chi connectivity index (χ0v) is 47.3. The molecule has 0 atom stereocenters. The molecule has 66 heavy (non-hydrogen) atoms. The van der Waals surface area contributed by atoms with Crippen LogP contribution in [0.5, 0.6) is 0 Å². The van der Waals surface area contributed by atoms with Crippen molar-refractivity contribution in [3.05, 3.63) is 192 Å². The summed E-state index contributed by atoms with van der Waals surface area (Å²) in [5, 5.41) is 0. The number of benzene rings is 2. The highest BCUT2D eigenvalue weighted by Gasteiger charge is 1.98. The van der Waals surface area contributed by atoms with E-state index in [0.29, 0.717) is 35.5 Å². The molecule has 0 saturated carbocycles. The van der Waals surface area contributed by atoms with Crippen molar-refractivity contribution >= 4 is 0 Å². The summed E-state index contributed by atoms with van der Waals surface area (Å²) in [5.41, 5.74) is 7.49. The van der Waals surface area contributed by atoms with Gasteiger partial charge in [-0.25, -0.2) is 0 Å². The highest BCUT2D eigenvalue weighted by Crippen LogP contribution is 2.13. The Labute approximate surface area is 412 Å². The van der Waals surface area contributed by atoms with Crippen LogP contribution in [0, 0.1) is 0 Å². The van der Waals surface area contributed by atoms with Crippen LogP contribution in [-0.4, -0.2) is 19.9 Å². The first-order chi connectivity index (χ1) is 31.8. The first-order valence-corrected chi connectivity index (χ1v) is 25.6. The quantitative estimate of drug-likeness (QED) is 0.167. The molecule has 0 aliphatic carbocycles. The second kappa shape index (κ2) is 56.2. The van der Waals surface area contributed by atoms with Crippen LogP contribution in [0.2, 0.25) is 0 Å². The molecule has 0 amide bonds. The van der Waals surface area contributed by atoms with Crippen LogP contribution in [0.3, 0.4) is 0 Å². The second-order valence-corrected chi connectivity index (χ2v) is 14.8. The summed E-state index contributed by atoms with van der Waals surface area (Å²) >= 11 is 0. The molecule has 4 aromatic heterocycles. The maximum Gasteiger partial charge on any atom is 0.0428 e. The Kier molecular flexibility index (Phi) is 61.8. The van der Waals surface area contributed by atoms with Crippen molar-refractivity contribution in [2.75, 3.05) is 0 Å². The van der Waals surface area contributed by atoms with Gasteiger partial charge in [-0.15, -0.1) is 0 Å². The monoisotopic (exact) mass is 905 g/mol. The van der Waals surface area contributed by atoms with Crippen LogP contribution >= 0.6 is 0 Å². The van der Waals surface area contributed by atoms with Gasteiger partial charge in [-0.05, 0) is 95.2 Å². The molecule has 0 radical (unpaired) electrons. The zero-order chi connectivity index (χ0) is 52.1. The second-order valence-electron chi connectivity index (χ2n) is 14.8. The minimum absolute atomic E-state index is 0.547. The minimum Gasteiger partial charge on any atom is -0.261 e. The summed E-state index contributed by atoms with van der Waals surface area (Å²) in [5.74, 6) is 3.51. The van der Waals surface area contributed by atoms with Crippen LogP contribution < -0.4 is 0 Å². The lowest BCUT2D eigenvalue weighted by molar-refractivity contribution is 0.823. The minimum atomic E-state index is 0.547. The maximum absolute atomic E-state index is 4.18. The molecule has 0 unspecified atom stereocenters. The number of pyridine rings is 4. The van der Waals surface area contributed by atoms with Gasteiger partial charge in [0, 0.05) is 47.6 Å². The van der Waals surface area contributed by atoms with Crippen molar-refractivity contribution in [3.8, 4) is 0 Å². The van der Waals surface area contributed by atoms with Crippen molar-refractivity contribution < 1.29 is 0 Å². The predicted molar refractivity (Wildman–Crippen MR) is 302 cm³/mol. The molecule has 0 bridgehead atoms. The van der Waals surface area contributed by atoms with E-state index in [-0.39, 0.29) is 0 Å². The molecule has 2 aromatic carbocycles. The highest BCUT2D eigenvalue weighted by atomic mass is 14.7. The average Bonchev–Trinajstić information content (AvgIpc) is 3.40. The molecule has 0 aliphatic rings. The lowest BCUT2D eigenvalue weighted by atomic mass is 10.0. The van der Waals surface area contributed by atoms with Gasteiger partial charge in [0.1, 0.15) is 0 Å². The Balaban J connectivity index is -0.000000156. The molecule has 4 nitrogen and oxygen atoms in total. The number of hydrogen-bond donors (Lipinski definition) is 0. The van der Waals surface area contributed by atoms with Gasteiger partial charge in [0.2, 0.25) is 0 Å². The van der Waals surface area contributed by atoms with E-state index in [2.05, 4.69) is 152 Å². The lowest BCUT2D eigenvalue weighted by Crippen LogP contribution is -1.88. The van der Waals surface area contributed by atoms with Gasteiger partial charge >= 0.3 is 0 Å². The van der Waals surface area contributed by atoms with Gasteiger partial charge in [0.15, 0.2) is 0 Å². The Morgan fingerprint density at radius 1 is 0.212 bits per heavy atom. The average molecular weight is 906 g/mol. The normalized spacial score (nSPS) is 8.82. The Morgan fingerprint density at radius 3 is 0.470 bits per heavy atom. The third-order valence-electron chi connectivity index (χ3n) is 8.05. The molecule has 0 fully saturated rings.